The first-order chi connectivity index (χ1) is 9.06. The van der Waals surface area contributed by atoms with Crippen LogP contribution in [0.4, 0.5) is 0 Å². The van der Waals surface area contributed by atoms with Gasteiger partial charge in [0.05, 0.1) is 17.6 Å². The number of nitrogens with one attached hydrogen (secondary N) is 1. The Bertz CT molecular complexity index is 692. The van der Waals surface area contributed by atoms with Gasteiger partial charge in [0.2, 0.25) is 0 Å². The zero-order valence-corrected chi connectivity index (χ0v) is 12.8. The summed E-state index contributed by atoms with van der Waals surface area (Å²) in [5, 5.41) is 1.44. The van der Waals surface area contributed by atoms with Crippen molar-refractivity contribution < 1.29 is 4.74 Å². The largest absolute Gasteiger partial charge is 0.369 e. The SMILES string of the molecule is CC[C@]1(C)Cc2c(sc3nc(SC)[nH]c(=O)c23)CO1. The van der Waals surface area contributed by atoms with Crippen LogP contribution >= 0.6 is 23.1 Å². The third-order valence-corrected chi connectivity index (χ3v) is 5.45. The van der Waals surface area contributed by atoms with Crippen molar-refractivity contribution in [3.05, 3.63) is 20.8 Å². The van der Waals surface area contributed by atoms with Crippen LogP contribution in [0, 0.1) is 0 Å². The van der Waals surface area contributed by atoms with Gasteiger partial charge in [0.1, 0.15) is 4.83 Å². The maximum absolute atomic E-state index is 12.2. The predicted molar refractivity (Wildman–Crippen MR) is 79.2 cm³/mol. The third kappa shape index (κ3) is 2.11. The molecular weight excluding hydrogens is 280 g/mol. The van der Waals surface area contributed by atoms with Crippen molar-refractivity contribution in [2.75, 3.05) is 6.26 Å². The fraction of sp³-hybridized carbons (Fsp3) is 0.538. The molecule has 3 heterocycles. The van der Waals surface area contributed by atoms with Crippen LogP contribution in [0.3, 0.4) is 0 Å². The highest BCUT2D eigenvalue weighted by Crippen LogP contribution is 2.38. The Labute approximate surface area is 119 Å². The second kappa shape index (κ2) is 4.61. The smallest absolute Gasteiger partial charge is 0.260 e. The summed E-state index contributed by atoms with van der Waals surface area (Å²) in [4.78, 5) is 21.6. The zero-order valence-electron chi connectivity index (χ0n) is 11.2. The average Bonchev–Trinajstić information content (AvgIpc) is 2.76. The standard InChI is InChI=1S/C13H16N2O2S2/c1-4-13(2)5-7-8(6-17-13)19-11-9(7)10(16)14-12(15-11)18-3/h4-6H2,1-3H3,(H,14,15,16)/t13-/m1/s1. The van der Waals surface area contributed by atoms with Crippen molar-refractivity contribution in [3.63, 3.8) is 0 Å². The van der Waals surface area contributed by atoms with Crippen molar-refractivity contribution in [1.82, 2.24) is 9.97 Å². The molecule has 0 radical (unpaired) electrons. The van der Waals surface area contributed by atoms with Crippen molar-refractivity contribution in [2.24, 2.45) is 0 Å². The number of hydrogen-bond donors (Lipinski definition) is 1. The molecule has 1 aliphatic rings. The Morgan fingerprint density at radius 3 is 3.05 bits per heavy atom. The molecule has 6 heteroatoms. The molecule has 0 bridgehead atoms. The normalized spacial score (nSPS) is 22.7. The first kappa shape index (κ1) is 13.1. The van der Waals surface area contributed by atoms with Gasteiger partial charge in [-0.2, -0.15) is 0 Å². The van der Waals surface area contributed by atoms with Gasteiger partial charge >= 0.3 is 0 Å². The van der Waals surface area contributed by atoms with Crippen molar-refractivity contribution in [3.8, 4) is 0 Å². The highest BCUT2D eigenvalue weighted by Gasteiger charge is 2.32. The van der Waals surface area contributed by atoms with Crippen LogP contribution < -0.4 is 5.56 Å². The minimum atomic E-state index is -0.161. The van der Waals surface area contributed by atoms with Crippen molar-refractivity contribution in [2.45, 2.75) is 44.1 Å². The number of aromatic amines is 1. The zero-order chi connectivity index (χ0) is 13.6. The Balaban J connectivity index is 2.21. The van der Waals surface area contributed by atoms with E-state index < -0.39 is 0 Å². The minimum Gasteiger partial charge on any atom is -0.369 e. The lowest BCUT2D eigenvalue weighted by molar-refractivity contribution is -0.0543. The van der Waals surface area contributed by atoms with Crippen LogP contribution in [0.15, 0.2) is 9.95 Å². The monoisotopic (exact) mass is 296 g/mol. The van der Waals surface area contributed by atoms with Crippen molar-refractivity contribution in [1.29, 1.82) is 0 Å². The van der Waals surface area contributed by atoms with Gasteiger partial charge in [0.25, 0.3) is 5.56 Å². The van der Waals surface area contributed by atoms with Crippen LogP contribution in [0.5, 0.6) is 0 Å². The van der Waals surface area contributed by atoms with E-state index in [0.29, 0.717) is 11.8 Å². The molecule has 2 aromatic rings. The summed E-state index contributed by atoms with van der Waals surface area (Å²) in [6.07, 6.45) is 3.65. The fourth-order valence-corrected chi connectivity index (χ4v) is 3.92. The molecule has 2 aromatic heterocycles. The van der Waals surface area contributed by atoms with Crippen LogP contribution in [-0.2, 0) is 17.8 Å². The lowest BCUT2D eigenvalue weighted by Gasteiger charge is -2.32. The Morgan fingerprint density at radius 1 is 1.58 bits per heavy atom. The quantitative estimate of drug-likeness (QED) is 0.684. The van der Waals surface area contributed by atoms with Gasteiger partial charge in [0.15, 0.2) is 5.16 Å². The summed E-state index contributed by atoms with van der Waals surface area (Å²) < 4.78 is 5.93. The number of fused-ring (bicyclic) bond motifs is 3. The van der Waals surface area contributed by atoms with Crippen LogP contribution in [0.2, 0.25) is 0 Å². The number of ether oxygens (including phenoxy) is 1. The predicted octanol–water partition coefficient (Wildman–Crippen LogP) is 2.95. The summed E-state index contributed by atoms with van der Waals surface area (Å²) >= 11 is 3.04. The number of thioether (sulfide) groups is 1. The first-order valence-corrected chi connectivity index (χ1v) is 8.33. The lowest BCUT2D eigenvalue weighted by Crippen LogP contribution is -2.34. The van der Waals surface area contributed by atoms with Gasteiger partial charge in [0, 0.05) is 11.3 Å². The number of aromatic nitrogens is 2. The van der Waals surface area contributed by atoms with Gasteiger partial charge in [-0.25, -0.2) is 4.98 Å². The molecule has 19 heavy (non-hydrogen) atoms. The fourth-order valence-electron chi connectivity index (χ4n) is 2.38. The summed E-state index contributed by atoms with van der Waals surface area (Å²) in [7, 11) is 0. The lowest BCUT2D eigenvalue weighted by atomic mass is 9.90. The van der Waals surface area contributed by atoms with Gasteiger partial charge in [-0.15, -0.1) is 11.3 Å². The van der Waals surface area contributed by atoms with Crippen molar-refractivity contribution >= 4 is 33.3 Å². The molecule has 3 rings (SSSR count). The summed E-state index contributed by atoms with van der Waals surface area (Å²) in [6.45, 7) is 4.82. The highest BCUT2D eigenvalue weighted by atomic mass is 32.2. The van der Waals surface area contributed by atoms with E-state index in [2.05, 4.69) is 23.8 Å². The van der Waals surface area contributed by atoms with E-state index in [1.54, 1.807) is 11.3 Å². The Kier molecular flexibility index (Phi) is 3.19. The first-order valence-electron chi connectivity index (χ1n) is 6.29. The molecule has 0 aromatic carbocycles. The number of rotatable bonds is 2. The highest BCUT2D eigenvalue weighted by molar-refractivity contribution is 7.98. The van der Waals surface area contributed by atoms with E-state index in [4.69, 9.17) is 4.74 Å². The summed E-state index contributed by atoms with van der Waals surface area (Å²) in [6, 6.07) is 0. The molecule has 1 atom stereocenters. The molecule has 1 N–H and O–H groups in total. The molecule has 0 unspecified atom stereocenters. The molecule has 4 nitrogen and oxygen atoms in total. The van der Waals surface area contributed by atoms with Gasteiger partial charge in [-0.3, -0.25) is 4.79 Å². The maximum Gasteiger partial charge on any atom is 0.260 e. The maximum atomic E-state index is 12.2. The minimum absolute atomic E-state index is 0.0211. The molecule has 0 spiro atoms. The molecule has 0 saturated heterocycles. The second-order valence-corrected chi connectivity index (χ2v) is 6.91. The van der Waals surface area contributed by atoms with Gasteiger partial charge in [-0.05, 0) is 25.2 Å². The van der Waals surface area contributed by atoms with E-state index in [-0.39, 0.29) is 11.2 Å². The van der Waals surface area contributed by atoms with Gasteiger partial charge in [-0.1, -0.05) is 18.7 Å². The third-order valence-electron chi connectivity index (χ3n) is 3.77. The Hall–Kier alpha value is -0.850. The summed E-state index contributed by atoms with van der Waals surface area (Å²) in [5.41, 5.74) is 0.954. The molecular formula is C13H16N2O2S2. The molecule has 0 amide bonds. The van der Waals surface area contributed by atoms with Crippen LogP contribution in [0.1, 0.15) is 30.7 Å². The number of thiophene rings is 1. The van der Waals surface area contributed by atoms with E-state index in [1.807, 2.05) is 6.26 Å². The number of hydrogen-bond acceptors (Lipinski definition) is 5. The van der Waals surface area contributed by atoms with E-state index in [1.165, 1.54) is 11.8 Å². The second-order valence-electron chi connectivity index (χ2n) is 5.03. The van der Waals surface area contributed by atoms with Crippen LogP contribution in [-0.4, -0.2) is 21.8 Å². The molecule has 1 aliphatic heterocycles. The average molecular weight is 296 g/mol. The topological polar surface area (TPSA) is 55.0 Å². The molecule has 0 saturated carbocycles. The summed E-state index contributed by atoms with van der Waals surface area (Å²) in [5.74, 6) is 0. The molecule has 0 aliphatic carbocycles. The molecule has 0 fully saturated rings. The van der Waals surface area contributed by atoms with Crippen LogP contribution in [0.25, 0.3) is 10.2 Å². The molecule has 102 valence electrons. The van der Waals surface area contributed by atoms with Gasteiger partial charge < -0.3 is 9.72 Å². The van der Waals surface area contributed by atoms with E-state index >= 15 is 0 Å². The Morgan fingerprint density at radius 2 is 2.37 bits per heavy atom. The van der Waals surface area contributed by atoms with E-state index in [0.717, 1.165) is 33.5 Å². The number of H-pyrrole nitrogens is 1. The number of nitrogens with zero attached hydrogens (tertiary/aromatic N) is 1. The van der Waals surface area contributed by atoms with E-state index in [9.17, 15) is 4.79 Å².